The van der Waals surface area contributed by atoms with Gasteiger partial charge in [0.1, 0.15) is 17.0 Å². The highest BCUT2D eigenvalue weighted by molar-refractivity contribution is 5.89. The van der Waals surface area contributed by atoms with Crippen molar-refractivity contribution in [1.82, 2.24) is 14.9 Å². The molecule has 0 spiro atoms. The van der Waals surface area contributed by atoms with Crippen molar-refractivity contribution in [2.45, 2.75) is 18.8 Å². The Labute approximate surface area is 179 Å². The summed E-state index contributed by atoms with van der Waals surface area (Å²) in [6.07, 6.45) is 5.20. The Hall–Kier alpha value is -3.87. The molecule has 2 aromatic heterocycles. The average Bonchev–Trinajstić information content (AvgIpc) is 3.25. The van der Waals surface area contributed by atoms with Crippen molar-refractivity contribution in [3.8, 4) is 11.5 Å². The van der Waals surface area contributed by atoms with Crippen LogP contribution in [0.25, 0.3) is 11.1 Å². The molecule has 156 valence electrons. The van der Waals surface area contributed by atoms with Gasteiger partial charge in [0.15, 0.2) is 11.5 Å². The number of aromatic nitrogens is 2. The van der Waals surface area contributed by atoms with Crippen LogP contribution in [0.2, 0.25) is 0 Å². The quantitative estimate of drug-likeness (QED) is 0.482. The zero-order valence-electron chi connectivity index (χ0n) is 16.9. The van der Waals surface area contributed by atoms with E-state index in [4.69, 9.17) is 9.15 Å². The fourth-order valence-electron chi connectivity index (χ4n) is 3.81. The van der Waals surface area contributed by atoms with E-state index in [0.29, 0.717) is 36.2 Å². The molecule has 7 nitrogen and oxygen atoms in total. The Balaban J connectivity index is 1.25. The van der Waals surface area contributed by atoms with E-state index in [1.807, 2.05) is 47.4 Å². The summed E-state index contributed by atoms with van der Waals surface area (Å²) in [4.78, 5) is 23.3. The van der Waals surface area contributed by atoms with Gasteiger partial charge in [-0.3, -0.25) is 4.98 Å². The lowest BCUT2D eigenvalue weighted by Gasteiger charge is -2.31. The number of piperidine rings is 1. The smallest absolute Gasteiger partial charge is 0.321 e. The Bertz CT molecular complexity index is 1160. The summed E-state index contributed by atoms with van der Waals surface area (Å²) in [6.45, 7) is 1.28. The summed E-state index contributed by atoms with van der Waals surface area (Å²) in [5, 5.41) is 2.98. The Morgan fingerprint density at radius 2 is 1.94 bits per heavy atom. The number of carbonyl (C=O) groups is 1. The second kappa shape index (κ2) is 8.47. The summed E-state index contributed by atoms with van der Waals surface area (Å²) < 4.78 is 11.8. The van der Waals surface area contributed by atoms with Crippen LogP contribution in [0, 0.1) is 0 Å². The zero-order valence-corrected chi connectivity index (χ0v) is 16.9. The van der Waals surface area contributed by atoms with Gasteiger partial charge in [0.25, 0.3) is 0 Å². The number of amides is 2. The van der Waals surface area contributed by atoms with E-state index < -0.39 is 0 Å². The molecule has 0 saturated carbocycles. The van der Waals surface area contributed by atoms with Crippen LogP contribution >= 0.6 is 0 Å². The summed E-state index contributed by atoms with van der Waals surface area (Å²) in [7, 11) is 0. The van der Waals surface area contributed by atoms with Crippen LogP contribution in [0.15, 0.2) is 77.5 Å². The fourth-order valence-corrected chi connectivity index (χ4v) is 3.81. The molecule has 1 fully saturated rings. The van der Waals surface area contributed by atoms with Gasteiger partial charge < -0.3 is 19.4 Å². The maximum absolute atomic E-state index is 12.9. The van der Waals surface area contributed by atoms with Crippen molar-refractivity contribution >= 4 is 22.8 Å². The van der Waals surface area contributed by atoms with Crippen molar-refractivity contribution in [2.24, 2.45) is 0 Å². The van der Waals surface area contributed by atoms with Crippen LogP contribution in [-0.4, -0.2) is 34.0 Å². The van der Waals surface area contributed by atoms with Gasteiger partial charge in [0.2, 0.25) is 0 Å². The molecular weight excluding hydrogens is 392 g/mol. The molecule has 1 N–H and O–H groups in total. The normalized spacial score (nSPS) is 16.3. The molecule has 7 heteroatoms. The first-order valence-electron chi connectivity index (χ1n) is 10.3. The van der Waals surface area contributed by atoms with Crippen LogP contribution in [0.3, 0.4) is 0 Å². The van der Waals surface area contributed by atoms with Crippen molar-refractivity contribution in [1.29, 1.82) is 0 Å². The van der Waals surface area contributed by atoms with Gasteiger partial charge in [-0.25, -0.2) is 9.78 Å². The first-order valence-corrected chi connectivity index (χ1v) is 10.3. The van der Waals surface area contributed by atoms with Gasteiger partial charge in [-0.05, 0) is 49.2 Å². The maximum Gasteiger partial charge on any atom is 0.321 e. The van der Waals surface area contributed by atoms with E-state index in [0.717, 1.165) is 23.9 Å². The van der Waals surface area contributed by atoms with Gasteiger partial charge in [0, 0.05) is 37.2 Å². The van der Waals surface area contributed by atoms with Gasteiger partial charge in [-0.15, -0.1) is 0 Å². The summed E-state index contributed by atoms with van der Waals surface area (Å²) in [5.74, 6) is 2.13. The first-order chi connectivity index (χ1) is 15.2. The van der Waals surface area contributed by atoms with Gasteiger partial charge in [-0.1, -0.05) is 18.2 Å². The number of nitrogens with one attached hydrogen (secondary N) is 1. The predicted molar refractivity (Wildman–Crippen MR) is 117 cm³/mol. The minimum absolute atomic E-state index is 0.0910. The number of anilines is 1. The van der Waals surface area contributed by atoms with Crippen LogP contribution in [0.5, 0.6) is 11.5 Å². The number of rotatable bonds is 4. The Morgan fingerprint density at radius 3 is 2.81 bits per heavy atom. The van der Waals surface area contributed by atoms with E-state index in [1.165, 1.54) is 0 Å². The van der Waals surface area contributed by atoms with Crippen molar-refractivity contribution in [3.63, 3.8) is 0 Å². The lowest BCUT2D eigenvalue weighted by Crippen LogP contribution is -2.41. The molecular formula is C24H22N4O3. The molecule has 31 heavy (non-hydrogen) atoms. The number of fused-ring (bicyclic) bond motifs is 1. The number of ether oxygens (including phenoxy) is 1. The standard InChI is InChI=1S/C24H22N4O3/c29-24(26-18-6-3-7-20(15-18)30-19-10-12-25-13-11-19)28-14-4-5-17(16-28)23-27-21-8-1-2-9-22(21)31-23/h1-3,6-13,15,17H,4-5,14,16H2,(H,26,29). The second-order valence-electron chi connectivity index (χ2n) is 7.55. The van der Waals surface area contributed by atoms with Crippen LogP contribution in [0.4, 0.5) is 10.5 Å². The molecule has 1 aliphatic rings. The molecule has 2 aromatic carbocycles. The highest BCUT2D eigenvalue weighted by Gasteiger charge is 2.28. The third-order valence-corrected chi connectivity index (χ3v) is 5.34. The molecule has 3 heterocycles. The second-order valence-corrected chi connectivity index (χ2v) is 7.55. The van der Waals surface area contributed by atoms with Crippen molar-refractivity contribution in [3.05, 3.63) is 78.9 Å². The minimum atomic E-state index is -0.137. The summed E-state index contributed by atoms with van der Waals surface area (Å²) in [6, 6.07) is 18.5. The van der Waals surface area contributed by atoms with Crippen LogP contribution < -0.4 is 10.1 Å². The number of para-hydroxylation sites is 2. The topological polar surface area (TPSA) is 80.5 Å². The minimum Gasteiger partial charge on any atom is -0.457 e. The SMILES string of the molecule is O=C(Nc1cccc(Oc2ccncc2)c1)N1CCCC(c2nc3ccccc3o2)C1. The number of carbonyl (C=O) groups excluding carboxylic acids is 1. The van der Waals surface area contributed by atoms with E-state index in [-0.39, 0.29) is 11.9 Å². The van der Waals surface area contributed by atoms with E-state index in [2.05, 4.69) is 15.3 Å². The van der Waals surface area contributed by atoms with Crippen molar-refractivity contribution < 1.29 is 13.9 Å². The van der Waals surface area contributed by atoms with Gasteiger partial charge in [0.05, 0.1) is 5.92 Å². The maximum atomic E-state index is 12.9. The van der Waals surface area contributed by atoms with E-state index >= 15 is 0 Å². The Morgan fingerprint density at radius 1 is 1.06 bits per heavy atom. The lowest BCUT2D eigenvalue weighted by molar-refractivity contribution is 0.187. The molecule has 0 radical (unpaired) electrons. The number of urea groups is 1. The molecule has 1 unspecified atom stereocenters. The zero-order chi connectivity index (χ0) is 21.0. The highest BCUT2D eigenvalue weighted by atomic mass is 16.5. The van der Waals surface area contributed by atoms with Crippen LogP contribution in [0.1, 0.15) is 24.7 Å². The fraction of sp³-hybridized carbons (Fsp3) is 0.208. The summed E-state index contributed by atoms with van der Waals surface area (Å²) in [5.41, 5.74) is 2.32. The highest BCUT2D eigenvalue weighted by Crippen LogP contribution is 2.30. The third kappa shape index (κ3) is 4.35. The summed E-state index contributed by atoms with van der Waals surface area (Å²) >= 11 is 0. The van der Waals surface area contributed by atoms with Gasteiger partial charge in [-0.2, -0.15) is 0 Å². The molecule has 5 rings (SSSR count). The molecule has 0 aliphatic carbocycles. The number of benzene rings is 2. The first kappa shape index (κ1) is 19.1. The van der Waals surface area contributed by atoms with E-state index in [1.54, 1.807) is 30.6 Å². The number of hydrogen-bond donors (Lipinski definition) is 1. The lowest BCUT2D eigenvalue weighted by atomic mass is 9.98. The predicted octanol–water partition coefficient (Wildman–Crippen LogP) is 5.43. The largest absolute Gasteiger partial charge is 0.457 e. The number of nitrogens with zero attached hydrogens (tertiary/aromatic N) is 3. The average molecular weight is 414 g/mol. The number of likely N-dealkylation sites (tertiary alicyclic amines) is 1. The monoisotopic (exact) mass is 414 g/mol. The molecule has 4 aromatic rings. The van der Waals surface area contributed by atoms with E-state index in [9.17, 15) is 4.79 Å². The van der Waals surface area contributed by atoms with Crippen LogP contribution in [-0.2, 0) is 0 Å². The molecule has 1 atom stereocenters. The molecule has 0 bridgehead atoms. The number of hydrogen-bond acceptors (Lipinski definition) is 5. The number of oxazole rings is 1. The molecule has 1 saturated heterocycles. The Kier molecular flexibility index (Phi) is 5.22. The van der Waals surface area contributed by atoms with Gasteiger partial charge >= 0.3 is 6.03 Å². The third-order valence-electron chi connectivity index (χ3n) is 5.34. The molecule has 2 amide bonds. The van der Waals surface area contributed by atoms with Crippen molar-refractivity contribution in [2.75, 3.05) is 18.4 Å². The molecule has 1 aliphatic heterocycles. The number of pyridine rings is 1.